The number of nitro groups is 1. The Morgan fingerprint density at radius 2 is 2.05 bits per heavy atom. The summed E-state index contributed by atoms with van der Waals surface area (Å²) < 4.78 is 26.3. The van der Waals surface area contributed by atoms with E-state index in [2.05, 4.69) is 4.72 Å². The van der Waals surface area contributed by atoms with Gasteiger partial charge in [-0.25, -0.2) is 8.42 Å². The van der Waals surface area contributed by atoms with Crippen molar-refractivity contribution in [3.63, 3.8) is 0 Å². The van der Waals surface area contributed by atoms with Crippen molar-refractivity contribution in [2.75, 3.05) is 0 Å². The molecule has 0 aromatic heterocycles. The number of benzene rings is 1. The topological polar surface area (TPSA) is 135 Å². The molecule has 1 aromatic carbocycles. The fraction of sp³-hybridized carbons (Fsp3) is 0.273. The van der Waals surface area contributed by atoms with Gasteiger partial charge in [-0.05, 0) is 12.5 Å². The number of hydrogen-bond acceptors (Lipinski definition) is 6. The maximum Gasteiger partial charge on any atom is 0.270 e. The molecule has 1 unspecified atom stereocenters. The Balaban J connectivity index is 2.22. The highest BCUT2D eigenvalue weighted by molar-refractivity contribution is 7.89. The Hall–Kier alpha value is -2.33. The Bertz CT molecular complexity index is 714. The number of nitrogens with zero attached hydrogens (tertiary/aromatic N) is 1. The molecule has 1 atom stereocenters. The third-order valence-corrected chi connectivity index (χ3v) is 4.34. The van der Waals surface area contributed by atoms with Crippen molar-refractivity contribution in [3.05, 3.63) is 34.4 Å². The number of sulfonamides is 1. The third kappa shape index (κ3) is 3.41. The molecular formula is C11H11N3O6S. The average Bonchev–Trinajstić information content (AvgIpc) is 2.42. The van der Waals surface area contributed by atoms with Gasteiger partial charge in [-0.2, -0.15) is 4.72 Å². The maximum absolute atomic E-state index is 12.1. The van der Waals surface area contributed by atoms with Crippen LogP contribution in [0.5, 0.6) is 0 Å². The van der Waals surface area contributed by atoms with Crippen LogP contribution < -0.4 is 10.0 Å². The largest absolute Gasteiger partial charge is 0.295 e. The molecule has 0 radical (unpaired) electrons. The molecular weight excluding hydrogens is 302 g/mol. The summed E-state index contributed by atoms with van der Waals surface area (Å²) in [5, 5.41) is 12.7. The van der Waals surface area contributed by atoms with Gasteiger partial charge in [-0.3, -0.25) is 25.0 Å². The molecule has 0 aliphatic carbocycles. The van der Waals surface area contributed by atoms with Gasteiger partial charge in [0.15, 0.2) is 0 Å². The Kier molecular flexibility index (Phi) is 4.00. The number of imide groups is 1. The molecule has 1 fully saturated rings. The number of piperidine rings is 1. The van der Waals surface area contributed by atoms with Crippen LogP contribution in [0.1, 0.15) is 12.8 Å². The number of nitrogens with one attached hydrogen (secondary N) is 2. The lowest BCUT2D eigenvalue weighted by Gasteiger charge is -2.21. The van der Waals surface area contributed by atoms with Crippen LogP contribution >= 0.6 is 0 Å². The summed E-state index contributed by atoms with van der Waals surface area (Å²) in [6.07, 6.45) is 0.0622. The smallest absolute Gasteiger partial charge is 0.270 e. The van der Waals surface area contributed by atoms with E-state index in [0.717, 1.165) is 12.1 Å². The van der Waals surface area contributed by atoms with Crippen LogP contribution in [-0.2, 0) is 19.6 Å². The van der Waals surface area contributed by atoms with Gasteiger partial charge in [0.05, 0.1) is 9.82 Å². The standard InChI is InChI=1S/C11H11N3O6S/c15-10-5-4-9(11(16)12-10)13-21(19,20)8-3-1-2-7(6-8)14(17)18/h1-3,6,9,13H,4-5H2,(H,12,15,16). The molecule has 2 N–H and O–H groups in total. The first-order chi connectivity index (χ1) is 9.79. The molecule has 1 heterocycles. The van der Waals surface area contributed by atoms with Gasteiger partial charge in [-0.15, -0.1) is 0 Å². The van der Waals surface area contributed by atoms with Crippen molar-refractivity contribution in [1.82, 2.24) is 10.0 Å². The van der Waals surface area contributed by atoms with Gasteiger partial charge in [-0.1, -0.05) is 6.07 Å². The van der Waals surface area contributed by atoms with Crippen molar-refractivity contribution >= 4 is 27.5 Å². The fourth-order valence-electron chi connectivity index (χ4n) is 1.83. The number of nitro benzene ring substituents is 1. The first kappa shape index (κ1) is 15.1. The SMILES string of the molecule is O=C1CCC(NS(=O)(=O)c2cccc([N+](=O)[O-])c2)C(=O)N1. The van der Waals surface area contributed by atoms with E-state index in [1.165, 1.54) is 12.1 Å². The highest BCUT2D eigenvalue weighted by Gasteiger charge is 2.31. The second kappa shape index (κ2) is 5.58. The summed E-state index contributed by atoms with van der Waals surface area (Å²) in [7, 11) is -4.09. The molecule has 21 heavy (non-hydrogen) atoms. The van der Waals surface area contributed by atoms with Gasteiger partial charge in [0.2, 0.25) is 21.8 Å². The second-order valence-corrected chi connectivity index (χ2v) is 6.09. The minimum absolute atomic E-state index is 0.0217. The summed E-state index contributed by atoms with van der Waals surface area (Å²) in [6, 6.07) is 3.39. The highest BCUT2D eigenvalue weighted by atomic mass is 32.2. The van der Waals surface area contributed by atoms with Crippen LogP contribution in [-0.4, -0.2) is 31.2 Å². The third-order valence-electron chi connectivity index (χ3n) is 2.88. The molecule has 1 aromatic rings. The summed E-state index contributed by atoms with van der Waals surface area (Å²) in [4.78, 5) is 32.1. The van der Waals surface area contributed by atoms with E-state index in [1.807, 2.05) is 5.32 Å². The van der Waals surface area contributed by atoms with Gasteiger partial charge < -0.3 is 0 Å². The van der Waals surface area contributed by atoms with E-state index < -0.39 is 32.8 Å². The van der Waals surface area contributed by atoms with Crippen molar-refractivity contribution < 1.29 is 22.9 Å². The Morgan fingerprint density at radius 1 is 1.33 bits per heavy atom. The zero-order chi connectivity index (χ0) is 15.6. The molecule has 0 spiro atoms. The number of amides is 2. The molecule has 2 rings (SSSR count). The maximum atomic E-state index is 12.1. The van der Waals surface area contributed by atoms with Crippen molar-refractivity contribution in [2.24, 2.45) is 0 Å². The number of carbonyl (C=O) groups excluding carboxylic acids is 2. The van der Waals surface area contributed by atoms with Gasteiger partial charge in [0.25, 0.3) is 5.69 Å². The predicted octanol–water partition coefficient (Wildman–Crippen LogP) is -0.322. The lowest BCUT2D eigenvalue weighted by Crippen LogP contribution is -2.52. The molecule has 112 valence electrons. The summed E-state index contributed by atoms with van der Waals surface area (Å²) >= 11 is 0. The quantitative estimate of drug-likeness (QED) is 0.444. The van der Waals surface area contributed by atoms with Crippen molar-refractivity contribution in [2.45, 2.75) is 23.8 Å². The number of carbonyl (C=O) groups is 2. The van der Waals surface area contributed by atoms with E-state index in [1.54, 1.807) is 0 Å². The van der Waals surface area contributed by atoms with E-state index in [-0.39, 0.29) is 23.4 Å². The Morgan fingerprint density at radius 3 is 2.67 bits per heavy atom. The van der Waals surface area contributed by atoms with Crippen LogP contribution in [0.15, 0.2) is 29.2 Å². The molecule has 1 aliphatic rings. The van der Waals surface area contributed by atoms with E-state index in [0.29, 0.717) is 0 Å². The highest BCUT2D eigenvalue weighted by Crippen LogP contribution is 2.18. The van der Waals surface area contributed by atoms with Crippen LogP contribution in [0, 0.1) is 10.1 Å². The van der Waals surface area contributed by atoms with Crippen LogP contribution in [0.25, 0.3) is 0 Å². The summed E-state index contributed by atoms with van der Waals surface area (Å²) in [5.41, 5.74) is -0.374. The molecule has 10 heteroatoms. The second-order valence-electron chi connectivity index (χ2n) is 4.38. The molecule has 2 amide bonds. The van der Waals surface area contributed by atoms with Crippen LogP contribution in [0.3, 0.4) is 0 Å². The number of hydrogen-bond donors (Lipinski definition) is 2. The van der Waals surface area contributed by atoms with Gasteiger partial charge in [0.1, 0.15) is 6.04 Å². The van der Waals surface area contributed by atoms with Crippen molar-refractivity contribution in [3.8, 4) is 0 Å². The molecule has 1 saturated heterocycles. The zero-order valence-corrected chi connectivity index (χ0v) is 11.4. The minimum Gasteiger partial charge on any atom is -0.295 e. The first-order valence-electron chi connectivity index (χ1n) is 5.90. The summed E-state index contributed by atoms with van der Waals surface area (Å²) in [6.45, 7) is 0. The minimum atomic E-state index is -4.09. The summed E-state index contributed by atoms with van der Waals surface area (Å²) in [5.74, 6) is -1.20. The van der Waals surface area contributed by atoms with E-state index in [4.69, 9.17) is 0 Å². The van der Waals surface area contributed by atoms with Crippen LogP contribution in [0.2, 0.25) is 0 Å². The zero-order valence-electron chi connectivity index (χ0n) is 10.6. The predicted molar refractivity (Wildman–Crippen MR) is 69.6 cm³/mol. The van der Waals surface area contributed by atoms with Gasteiger partial charge in [0, 0.05) is 18.6 Å². The molecule has 0 saturated carbocycles. The average molecular weight is 313 g/mol. The van der Waals surface area contributed by atoms with E-state index >= 15 is 0 Å². The lowest BCUT2D eigenvalue weighted by atomic mass is 10.1. The Labute approximate surface area is 119 Å². The van der Waals surface area contributed by atoms with E-state index in [9.17, 15) is 28.1 Å². The lowest BCUT2D eigenvalue weighted by molar-refractivity contribution is -0.385. The van der Waals surface area contributed by atoms with Crippen LogP contribution in [0.4, 0.5) is 5.69 Å². The monoisotopic (exact) mass is 313 g/mol. The molecule has 1 aliphatic heterocycles. The molecule has 0 bridgehead atoms. The van der Waals surface area contributed by atoms with Gasteiger partial charge >= 0.3 is 0 Å². The number of non-ortho nitro benzene ring substituents is 1. The number of rotatable bonds is 4. The fourth-order valence-corrected chi connectivity index (χ4v) is 3.09. The first-order valence-corrected chi connectivity index (χ1v) is 7.38. The normalized spacial score (nSPS) is 19.1. The molecule has 9 nitrogen and oxygen atoms in total. The van der Waals surface area contributed by atoms with Crippen molar-refractivity contribution in [1.29, 1.82) is 0 Å².